The van der Waals surface area contributed by atoms with Gasteiger partial charge in [-0.2, -0.15) is 0 Å². The molecule has 2 N–H and O–H groups in total. The van der Waals surface area contributed by atoms with Crippen LogP contribution >= 0.6 is 11.6 Å². The molecule has 0 saturated heterocycles. The van der Waals surface area contributed by atoms with Gasteiger partial charge < -0.3 is 10.6 Å². The summed E-state index contributed by atoms with van der Waals surface area (Å²) >= 11 is 5.89. The zero-order chi connectivity index (χ0) is 15.1. The van der Waals surface area contributed by atoms with Gasteiger partial charge in [-0.3, -0.25) is 4.79 Å². The summed E-state index contributed by atoms with van der Waals surface area (Å²) in [6.07, 6.45) is 0.700. The van der Waals surface area contributed by atoms with Crippen molar-refractivity contribution in [3.8, 4) is 0 Å². The predicted octanol–water partition coefficient (Wildman–Crippen LogP) is 3.25. The summed E-state index contributed by atoms with van der Waals surface area (Å²) in [5, 5.41) is 6.22. The molecule has 2 aromatic rings. The van der Waals surface area contributed by atoms with E-state index in [1.54, 1.807) is 18.2 Å². The number of hydrogen-bond acceptors (Lipinski definition) is 2. The van der Waals surface area contributed by atoms with Gasteiger partial charge in [-0.25, -0.2) is 4.39 Å². The van der Waals surface area contributed by atoms with Gasteiger partial charge in [-0.05, 0) is 36.2 Å². The molecule has 2 rings (SSSR count). The third-order valence-electron chi connectivity index (χ3n) is 2.94. The summed E-state index contributed by atoms with van der Waals surface area (Å²) in [7, 11) is 0. The number of hydrogen-bond donors (Lipinski definition) is 2. The molecule has 0 bridgehead atoms. The van der Waals surface area contributed by atoms with Crippen LogP contribution in [0.2, 0.25) is 5.02 Å². The smallest absolute Gasteiger partial charge is 0.239 e. The fourth-order valence-corrected chi connectivity index (χ4v) is 2.09. The van der Waals surface area contributed by atoms with Crippen LogP contribution in [0, 0.1) is 5.82 Å². The molecule has 21 heavy (non-hydrogen) atoms. The van der Waals surface area contributed by atoms with Crippen LogP contribution in [0.4, 0.5) is 10.1 Å². The lowest BCUT2D eigenvalue weighted by atomic mass is 10.1. The van der Waals surface area contributed by atoms with Crippen LogP contribution < -0.4 is 10.6 Å². The Bertz CT molecular complexity index is 619. The van der Waals surface area contributed by atoms with E-state index in [0.717, 1.165) is 5.56 Å². The molecule has 0 atom stereocenters. The first kappa shape index (κ1) is 15.3. The fraction of sp³-hybridized carbons (Fsp3) is 0.188. The van der Waals surface area contributed by atoms with E-state index >= 15 is 0 Å². The van der Waals surface area contributed by atoms with Crippen LogP contribution in [0.5, 0.6) is 0 Å². The van der Waals surface area contributed by atoms with Gasteiger partial charge in [-0.1, -0.05) is 35.9 Å². The second-order valence-corrected chi connectivity index (χ2v) is 5.00. The van der Waals surface area contributed by atoms with E-state index in [1.807, 2.05) is 24.3 Å². The number of benzene rings is 2. The summed E-state index contributed by atoms with van der Waals surface area (Å²) in [6, 6.07) is 13.8. The van der Waals surface area contributed by atoms with Gasteiger partial charge in [0.15, 0.2) is 0 Å². The highest BCUT2D eigenvalue weighted by Crippen LogP contribution is 2.12. The first-order chi connectivity index (χ1) is 10.1. The highest BCUT2D eigenvalue weighted by atomic mass is 35.5. The van der Waals surface area contributed by atoms with Crippen molar-refractivity contribution in [2.24, 2.45) is 0 Å². The van der Waals surface area contributed by atoms with E-state index in [4.69, 9.17) is 11.6 Å². The van der Waals surface area contributed by atoms with Crippen LogP contribution in [0.1, 0.15) is 5.56 Å². The van der Waals surface area contributed by atoms with Crippen LogP contribution in [-0.2, 0) is 11.2 Å². The Balaban J connectivity index is 1.72. The second-order valence-electron chi connectivity index (χ2n) is 4.56. The van der Waals surface area contributed by atoms with Crippen molar-refractivity contribution in [3.63, 3.8) is 0 Å². The van der Waals surface area contributed by atoms with E-state index in [-0.39, 0.29) is 18.3 Å². The van der Waals surface area contributed by atoms with E-state index < -0.39 is 0 Å². The van der Waals surface area contributed by atoms with Crippen molar-refractivity contribution < 1.29 is 9.18 Å². The third kappa shape index (κ3) is 5.08. The molecule has 3 nitrogen and oxygen atoms in total. The van der Waals surface area contributed by atoms with E-state index in [1.165, 1.54) is 6.07 Å². The average molecular weight is 307 g/mol. The SMILES string of the molecule is O=C(CNc1ccccc1F)NCCc1cccc(Cl)c1. The maximum atomic E-state index is 13.3. The molecule has 2 aromatic carbocycles. The molecule has 0 unspecified atom stereocenters. The standard InChI is InChI=1S/C16H16ClFN2O/c17-13-5-3-4-12(10-13)8-9-19-16(21)11-20-15-7-2-1-6-14(15)18/h1-7,10,20H,8-9,11H2,(H,19,21). The first-order valence-electron chi connectivity index (χ1n) is 6.65. The van der Waals surface area contributed by atoms with Crippen molar-refractivity contribution in [1.82, 2.24) is 5.32 Å². The molecular formula is C16H16ClFN2O. The number of anilines is 1. The predicted molar refractivity (Wildman–Crippen MR) is 83.1 cm³/mol. The fourth-order valence-electron chi connectivity index (χ4n) is 1.88. The highest BCUT2D eigenvalue weighted by molar-refractivity contribution is 6.30. The Morgan fingerprint density at radius 2 is 1.95 bits per heavy atom. The minimum absolute atomic E-state index is 0.0382. The summed E-state index contributed by atoms with van der Waals surface area (Å²) in [4.78, 5) is 11.7. The first-order valence-corrected chi connectivity index (χ1v) is 7.02. The normalized spacial score (nSPS) is 10.2. The number of carbonyl (C=O) groups is 1. The lowest BCUT2D eigenvalue weighted by molar-refractivity contribution is -0.119. The lowest BCUT2D eigenvalue weighted by Gasteiger charge is -2.08. The number of rotatable bonds is 6. The summed E-state index contributed by atoms with van der Waals surface area (Å²) in [5.41, 5.74) is 1.38. The van der Waals surface area contributed by atoms with Crippen molar-refractivity contribution in [1.29, 1.82) is 0 Å². The summed E-state index contributed by atoms with van der Waals surface area (Å²) in [5.74, 6) is -0.551. The van der Waals surface area contributed by atoms with E-state index in [9.17, 15) is 9.18 Å². The number of para-hydroxylation sites is 1. The molecule has 0 aliphatic heterocycles. The molecule has 0 saturated carbocycles. The quantitative estimate of drug-likeness (QED) is 0.860. The van der Waals surface area contributed by atoms with Crippen LogP contribution in [0.3, 0.4) is 0 Å². The maximum absolute atomic E-state index is 13.3. The second kappa shape index (κ2) is 7.64. The van der Waals surface area contributed by atoms with E-state index in [0.29, 0.717) is 23.7 Å². The van der Waals surface area contributed by atoms with Gasteiger partial charge in [0.1, 0.15) is 5.82 Å². The van der Waals surface area contributed by atoms with Gasteiger partial charge in [0.2, 0.25) is 5.91 Å². The zero-order valence-corrected chi connectivity index (χ0v) is 12.2. The van der Waals surface area contributed by atoms with Gasteiger partial charge >= 0.3 is 0 Å². The molecule has 0 aliphatic carbocycles. The van der Waals surface area contributed by atoms with Crippen LogP contribution in [-0.4, -0.2) is 19.0 Å². The maximum Gasteiger partial charge on any atom is 0.239 e. The van der Waals surface area contributed by atoms with Crippen molar-refractivity contribution >= 4 is 23.2 Å². The number of nitrogens with one attached hydrogen (secondary N) is 2. The molecule has 0 heterocycles. The van der Waals surface area contributed by atoms with Gasteiger partial charge in [0, 0.05) is 11.6 Å². The lowest BCUT2D eigenvalue weighted by Crippen LogP contribution is -2.31. The minimum Gasteiger partial charge on any atom is -0.374 e. The molecule has 5 heteroatoms. The molecule has 1 amide bonds. The Morgan fingerprint density at radius 1 is 1.14 bits per heavy atom. The third-order valence-corrected chi connectivity index (χ3v) is 3.17. The molecule has 0 fully saturated rings. The van der Waals surface area contributed by atoms with E-state index in [2.05, 4.69) is 10.6 Å². The topological polar surface area (TPSA) is 41.1 Å². The molecule has 110 valence electrons. The van der Waals surface area contributed by atoms with Crippen molar-refractivity contribution in [2.45, 2.75) is 6.42 Å². The highest BCUT2D eigenvalue weighted by Gasteiger charge is 2.04. The molecule has 0 aliphatic rings. The number of halogens is 2. The van der Waals surface area contributed by atoms with Crippen molar-refractivity contribution in [3.05, 3.63) is 64.9 Å². The number of carbonyl (C=O) groups excluding carboxylic acids is 1. The largest absolute Gasteiger partial charge is 0.374 e. The monoisotopic (exact) mass is 306 g/mol. The summed E-state index contributed by atoms with van der Waals surface area (Å²) in [6.45, 7) is 0.550. The Morgan fingerprint density at radius 3 is 2.71 bits per heavy atom. The molecule has 0 radical (unpaired) electrons. The van der Waals surface area contributed by atoms with Gasteiger partial charge in [0.25, 0.3) is 0 Å². The molecular weight excluding hydrogens is 291 g/mol. The van der Waals surface area contributed by atoms with Gasteiger partial charge in [0.05, 0.1) is 12.2 Å². The molecule has 0 spiro atoms. The van der Waals surface area contributed by atoms with Gasteiger partial charge in [-0.15, -0.1) is 0 Å². The Labute approximate surface area is 128 Å². The van der Waals surface area contributed by atoms with Crippen molar-refractivity contribution in [2.75, 3.05) is 18.4 Å². The minimum atomic E-state index is -0.371. The average Bonchev–Trinajstić information content (AvgIpc) is 2.46. The van der Waals surface area contributed by atoms with Crippen LogP contribution in [0.25, 0.3) is 0 Å². The van der Waals surface area contributed by atoms with Crippen LogP contribution in [0.15, 0.2) is 48.5 Å². The zero-order valence-electron chi connectivity index (χ0n) is 11.4. The number of amides is 1. The Kier molecular flexibility index (Phi) is 5.58. The Hall–Kier alpha value is -2.07. The molecule has 0 aromatic heterocycles. The summed E-state index contributed by atoms with van der Waals surface area (Å²) < 4.78 is 13.3.